The SMILES string of the molecule is Cc1cc(-c2ccnc(Nc3cnn(C)c3)n2)cnc1CNC(=O)O. The first-order valence-corrected chi connectivity index (χ1v) is 7.52. The molecule has 9 heteroatoms. The predicted octanol–water partition coefficient (Wildman–Crippen LogP) is 2.09. The molecule has 0 aliphatic carbocycles. The molecule has 3 N–H and O–H groups in total. The Morgan fingerprint density at radius 1 is 1.32 bits per heavy atom. The molecule has 0 saturated heterocycles. The Labute approximate surface area is 143 Å². The number of rotatable bonds is 5. The predicted molar refractivity (Wildman–Crippen MR) is 91.4 cm³/mol. The van der Waals surface area contributed by atoms with E-state index < -0.39 is 6.09 Å². The van der Waals surface area contributed by atoms with E-state index in [-0.39, 0.29) is 6.54 Å². The molecule has 0 bridgehead atoms. The van der Waals surface area contributed by atoms with E-state index in [1.54, 1.807) is 29.3 Å². The summed E-state index contributed by atoms with van der Waals surface area (Å²) < 4.78 is 1.68. The number of hydrogen-bond donors (Lipinski definition) is 3. The second-order valence-electron chi connectivity index (χ2n) is 5.44. The second kappa shape index (κ2) is 6.95. The molecule has 0 spiro atoms. The van der Waals surface area contributed by atoms with Crippen LogP contribution in [0, 0.1) is 6.92 Å². The lowest BCUT2D eigenvalue weighted by molar-refractivity contribution is 0.194. The van der Waals surface area contributed by atoms with Crippen LogP contribution in [0.25, 0.3) is 11.3 Å². The van der Waals surface area contributed by atoms with Gasteiger partial charge < -0.3 is 15.7 Å². The number of amides is 1. The second-order valence-corrected chi connectivity index (χ2v) is 5.44. The fourth-order valence-corrected chi connectivity index (χ4v) is 2.28. The maximum Gasteiger partial charge on any atom is 0.404 e. The summed E-state index contributed by atoms with van der Waals surface area (Å²) in [4.78, 5) is 23.6. The van der Waals surface area contributed by atoms with Crippen molar-refractivity contribution in [1.82, 2.24) is 30.0 Å². The highest BCUT2D eigenvalue weighted by molar-refractivity contribution is 5.65. The number of carbonyl (C=O) groups is 1. The van der Waals surface area contributed by atoms with Crippen molar-refractivity contribution in [1.29, 1.82) is 0 Å². The molecule has 0 atom stereocenters. The summed E-state index contributed by atoms with van der Waals surface area (Å²) >= 11 is 0. The fraction of sp³-hybridized carbons (Fsp3) is 0.188. The van der Waals surface area contributed by atoms with Crippen molar-refractivity contribution in [3.05, 3.63) is 48.2 Å². The smallest absolute Gasteiger partial charge is 0.404 e. The van der Waals surface area contributed by atoms with Crippen LogP contribution >= 0.6 is 0 Å². The molecule has 25 heavy (non-hydrogen) atoms. The van der Waals surface area contributed by atoms with Gasteiger partial charge in [0.05, 0.1) is 29.8 Å². The Kier molecular flexibility index (Phi) is 4.55. The molecule has 0 saturated carbocycles. The number of carboxylic acid groups (broad SMARTS) is 1. The van der Waals surface area contributed by atoms with Crippen LogP contribution in [0.4, 0.5) is 16.4 Å². The van der Waals surface area contributed by atoms with E-state index >= 15 is 0 Å². The first-order valence-electron chi connectivity index (χ1n) is 7.52. The Balaban J connectivity index is 1.80. The average molecular weight is 339 g/mol. The molecule has 0 aliphatic rings. The fourth-order valence-electron chi connectivity index (χ4n) is 2.28. The van der Waals surface area contributed by atoms with Crippen LogP contribution < -0.4 is 10.6 Å². The standard InChI is InChI=1S/C16H17N7O2/c1-10-5-11(6-18-14(10)8-19-16(24)25)13-3-4-17-15(22-13)21-12-7-20-23(2)9-12/h3-7,9,19H,8H2,1-2H3,(H,24,25)(H,17,21,22). The minimum atomic E-state index is -1.08. The number of pyridine rings is 1. The number of aryl methyl sites for hydroxylation is 2. The lowest BCUT2D eigenvalue weighted by Gasteiger charge is -2.08. The highest BCUT2D eigenvalue weighted by atomic mass is 16.4. The van der Waals surface area contributed by atoms with Crippen molar-refractivity contribution in [3.63, 3.8) is 0 Å². The molecular formula is C16H17N7O2. The first-order chi connectivity index (χ1) is 12.0. The third-order valence-corrected chi connectivity index (χ3v) is 3.51. The van der Waals surface area contributed by atoms with E-state index in [1.807, 2.05) is 26.2 Å². The van der Waals surface area contributed by atoms with Crippen molar-refractivity contribution in [3.8, 4) is 11.3 Å². The van der Waals surface area contributed by atoms with Gasteiger partial charge in [-0.05, 0) is 24.6 Å². The summed E-state index contributed by atoms with van der Waals surface area (Å²) in [6.07, 6.45) is 5.77. The van der Waals surface area contributed by atoms with Gasteiger partial charge in [-0.15, -0.1) is 0 Å². The number of nitrogens with one attached hydrogen (secondary N) is 2. The summed E-state index contributed by atoms with van der Waals surface area (Å²) in [7, 11) is 1.83. The van der Waals surface area contributed by atoms with E-state index in [2.05, 4.69) is 30.7 Å². The Bertz CT molecular complexity index is 907. The van der Waals surface area contributed by atoms with E-state index in [1.165, 1.54) is 0 Å². The van der Waals surface area contributed by atoms with Gasteiger partial charge in [-0.2, -0.15) is 5.10 Å². The molecule has 0 fully saturated rings. The minimum Gasteiger partial charge on any atom is -0.465 e. The average Bonchev–Trinajstić information content (AvgIpc) is 2.98. The molecule has 3 rings (SSSR count). The van der Waals surface area contributed by atoms with Crippen LogP contribution in [-0.4, -0.2) is 35.9 Å². The van der Waals surface area contributed by atoms with Crippen molar-refractivity contribution in [2.24, 2.45) is 7.05 Å². The van der Waals surface area contributed by atoms with E-state index in [9.17, 15) is 4.79 Å². The zero-order valence-corrected chi connectivity index (χ0v) is 13.8. The molecule has 0 unspecified atom stereocenters. The van der Waals surface area contributed by atoms with Crippen molar-refractivity contribution < 1.29 is 9.90 Å². The number of nitrogens with zero attached hydrogens (tertiary/aromatic N) is 5. The van der Waals surface area contributed by atoms with Gasteiger partial charge in [0.2, 0.25) is 5.95 Å². The van der Waals surface area contributed by atoms with Crippen LogP contribution in [-0.2, 0) is 13.6 Å². The Morgan fingerprint density at radius 3 is 2.84 bits per heavy atom. The zero-order valence-electron chi connectivity index (χ0n) is 13.8. The molecule has 3 heterocycles. The summed E-state index contributed by atoms with van der Waals surface area (Å²) in [6.45, 7) is 2.05. The highest BCUT2D eigenvalue weighted by Crippen LogP contribution is 2.20. The number of anilines is 2. The van der Waals surface area contributed by atoms with Crippen LogP contribution in [0.15, 0.2) is 36.9 Å². The van der Waals surface area contributed by atoms with E-state index in [0.29, 0.717) is 11.6 Å². The van der Waals surface area contributed by atoms with Crippen molar-refractivity contribution >= 4 is 17.7 Å². The molecule has 3 aromatic rings. The third kappa shape index (κ3) is 4.08. The molecule has 0 aliphatic heterocycles. The summed E-state index contributed by atoms with van der Waals surface area (Å²) in [6, 6.07) is 3.71. The summed E-state index contributed by atoms with van der Waals surface area (Å²) in [5.74, 6) is 0.458. The maximum atomic E-state index is 10.6. The molecule has 3 aromatic heterocycles. The minimum absolute atomic E-state index is 0.166. The highest BCUT2D eigenvalue weighted by Gasteiger charge is 2.08. The lowest BCUT2D eigenvalue weighted by atomic mass is 10.1. The van der Waals surface area contributed by atoms with E-state index in [4.69, 9.17) is 5.11 Å². The number of hydrogen-bond acceptors (Lipinski definition) is 6. The van der Waals surface area contributed by atoms with Gasteiger partial charge >= 0.3 is 6.09 Å². The summed E-state index contributed by atoms with van der Waals surface area (Å²) in [5, 5.41) is 18.2. The maximum absolute atomic E-state index is 10.6. The normalized spacial score (nSPS) is 10.5. The van der Waals surface area contributed by atoms with Gasteiger partial charge in [-0.3, -0.25) is 9.67 Å². The quantitative estimate of drug-likeness (QED) is 0.651. The molecule has 0 aromatic carbocycles. The van der Waals surface area contributed by atoms with Gasteiger partial charge in [0.25, 0.3) is 0 Å². The lowest BCUT2D eigenvalue weighted by Crippen LogP contribution is -2.21. The van der Waals surface area contributed by atoms with Gasteiger partial charge in [0, 0.05) is 31.2 Å². The number of aromatic nitrogens is 5. The van der Waals surface area contributed by atoms with Crippen molar-refractivity contribution in [2.45, 2.75) is 13.5 Å². The first kappa shape index (κ1) is 16.4. The van der Waals surface area contributed by atoms with Crippen LogP contribution in [0.2, 0.25) is 0 Å². The third-order valence-electron chi connectivity index (χ3n) is 3.51. The van der Waals surface area contributed by atoms with Crippen LogP contribution in [0.3, 0.4) is 0 Å². The van der Waals surface area contributed by atoms with Crippen LogP contribution in [0.5, 0.6) is 0 Å². The van der Waals surface area contributed by atoms with Gasteiger partial charge in [-0.25, -0.2) is 14.8 Å². The topological polar surface area (TPSA) is 118 Å². The van der Waals surface area contributed by atoms with Gasteiger partial charge in [0.15, 0.2) is 0 Å². The Hall–Kier alpha value is -3.49. The van der Waals surface area contributed by atoms with Gasteiger partial charge in [-0.1, -0.05) is 0 Å². The van der Waals surface area contributed by atoms with Gasteiger partial charge in [0.1, 0.15) is 0 Å². The zero-order chi connectivity index (χ0) is 17.8. The molecule has 9 nitrogen and oxygen atoms in total. The molecular weight excluding hydrogens is 322 g/mol. The monoisotopic (exact) mass is 339 g/mol. The summed E-state index contributed by atoms with van der Waals surface area (Å²) in [5.41, 5.74) is 3.90. The largest absolute Gasteiger partial charge is 0.465 e. The van der Waals surface area contributed by atoms with Crippen molar-refractivity contribution in [2.75, 3.05) is 5.32 Å². The molecule has 1 amide bonds. The molecule has 128 valence electrons. The van der Waals surface area contributed by atoms with Crippen LogP contribution in [0.1, 0.15) is 11.3 Å². The molecule has 0 radical (unpaired) electrons. The van der Waals surface area contributed by atoms with E-state index in [0.717, 1.165) is 22.5 Å². The Morgan fingerprint density at radius 2 is 2.16 bits per heavy atom.